The van der Waals surface area contributed by atoms with E-state index in [0.717, 1.165) is 37.3 Å². The van der Waals surface area contributed by atoms with Crippen molar-refractivity contribution in [1.82, 2.24) is 24.2 Å². The third-order valence-electron chi connectivity index (χ3n) is 5.21. The zero-order valence-electron chi connectivity index (χ0n) is 15.4. The highest BCUT2D eigenvalue weighted by Gasteiger charge is 2.34. The van der Waals surface area contributed by atoms with Crippen molar-refractivity contribution >= 4 is 5.91 Å². The van der Waals surface area contributed by atoms with Gasteiger partial charge in [-0.1, -0.05) is 0 Å². The second-order valence-corrected chi connectivity index (χ2v) is 8.37. The molecule has 1 aliphatic heterocycles. The molecule has 25 heavy (non-hydrogen) atoms. The maximum absolute atomic E-state index is 13.3. The summed E-state index contributed by atoms with van der Waals surface area (Å²) in [5.41, 5.74) is 1.62. The van der Waals surface area contributed by atoms with E-state index in [1.807, 2.05) is 28.2 Å². The summed E-state index contributed by atoms with van der Waals surface area (Å²) in [5, 5.41) is 4.78. The Kier molecular flexibility index (Phi) is 3.93. The van der Waals surface area contributed by atoms with Crippen LogP contribution in [-0.2, 0) is 5.54 Å². The van der Waals surface area contributed by atoms with E-state index in [1.165, 1.54) is 12.8 Å². The Hall–Kier alpha value is -2.11. The van der Waals surface area contributed by atoms with Gasteiger partial charge < -0.3 is 9.47 Å². The second-order valence-electron chi connectivity index (χ2n) is 8.37. The Labute approximate surface area is 148 Å². The lowest BCUT2D eigenvalue weighted by atomic mass is 10.0. The molecule has 0 spiro atoms. The molecular formula is C19H27N5O. The van der Waals surface area contributed by atoms with Crippen molar-refractivity contribution in [2.24, 2.45) is 0 Å². The summed E-state index contributed by atoms with van der Waals surface area (Å²) >= 11 is 0. The minimum absolute atomic E-state index is 0.110. The van der Waals surface area contributed by atoms with Crippen LogP contribution in [0.25, 0.3) is 0 Å². The smallest absolute Gasteiger partial charge is 0.272 e. The topological polar surface area (TPSA) is 56.0 Å². The largest absolute Gasteiger partial charge is 0.335 e. The molecular weight excluding hydrogens is 314 g/mol. The van der Waals surface area contributed by atoms with Gasteiger partial charge in [0.15, 0.2) is 0 Å². The molecule has 2 fully saturated rings. The first kappa shape index (κ1) is 16.4. The number of hydrogen-bond acceptors (Lipinski definition) is 3. The lowest BCUT2D eigenvalue weighted by Crippen LogP contribution is -2.42. The number of carbonyl (C=O) groups excluding carboxylic acids is 1. The van der Waals surface area contributed by atoms with Gasteiger partial charge in [-0.25, -0.2) is 4.98 Å². The number of hydrogen-bond donors (Lipinski definition) is 0. The van der Waals surface area contributed by atoms with E-state index in [4.69, 9.17) is 5.10 Å². The van der Waals surface area contributed by atoms with Gasteiger partial charge in [0, 0.05) is 31.4 Å². The zero-order chi connectivity index (χ0) is 17.6. The van der Waals surface area contributed by atoms with Crippen LogP contribution >= 0.6 is 0 Å². The SMILES string of the molecule is CC(C)(C)n1nc(C2CC2)cc1C(=O)N1CCC[C@H](n2ccnc2)C1. The monoisotopic (exact) mass is 341 g/mol. The maximum Gasteiger partial charge on any atom is 0.272 e. The van der Waals surface area contributed by atoms with Crippen molar-refractivity contribution in [3.8, 4) is 0 Å². The summed E-state index contributed by atoms with van der Waals surface area (Å²) in [6.07, 6.45) is 10.1. The number of carbonyl (C=O) groups is 1. The molecule has 1 saturated carbocycles. The molecule has 0 aromatic carbocycles. The number of piperidine rings is 1. The molecule has 0 radical (unpaired) electrons. The molecule has 0 unspecified atom stereocenters. The summed E-state index contributed by atoms with van der Waals surface area (Å²) in [5.74, 6) is 0.661. The average molecular weight is 341 g/mol. The molecule has 0 N–H and O–H groups in total. The standard InChI is InChI=1S/C19H27N5O/c1-19(2,3)24-17(11-16(21-24)14-6-7-14)18(25)22-9-4-5-15(12-22)23-10-8-20-13-23/h8,10-11,13-15H,4-7,9,12H2,1-3H3/t15-/m0/s1. The number of rotatable bonds is 3. The van der Waals surface area contributed by atoms with Crippen LogP contribution < -0.4 is 0 Å². The highest BCUT2D eigenvalue weighted by atomic mass is 16.2. The third-order valence-corrected chi connectivity index (χ3v) is 5.21. The van der Waals surface area contributed by atoms with E-state index in [1.54, 1.807) is 6.20 Å². The van der Waals surface area contributed by atoms with E-state index < -0.39 is 0 Å². The highest BCUT2D eigenvalue weighted by molar-refractivity contribution is 5.93. The molecule has 1 atom stereocenters. The van der Waals surface area contributed by atoms with Crippen molar-refractivity contribution in [3.63, 3.8) is 0 Å². The number of aromatic nitrogens is 4. The highest BCUT2D eigenvalue weighted by Crippen LogP contribution is 2.40. The number of imidazole rings is 1. The van der Waals surface area contributed by atoms with E-state index >= 15 is 0 Å². The molecule has 134 valence electrons. The van der Waals surface area contributed by atoms with Crippen LogP contribution in [-0.4, -0.2) is 43.2 Å². The molecule has 2 aliphatic rings. The molecule has 6 heteroatoms. The summed E-state index contributed by atoms with van der Waals surface area (Å²) in [7, 11) is 0. The Morgan fingerprint density at radius 3 is 2.68 bits per heavy atom. The first-order valence-corrected chi connectivity index (χ1v) is 9.30. The molecule has 4 rings (SSSR count). The van der Waals surface area contributed by atoms with Gasteiger partial charge in [0.2, 0.25) is 0 Å². The maximum atomic E-state index is 13.3. The fraction of sp³-hybridized carbons (Fsp3) is 0.632. The first-order chi connectivity index (χ1) is 11.9. The molecule has 1 aliphatic carbocycles. The molecule has 3 heterocycles. The minimum atomic E-state index is -0.197. The molecule has 2 aromatic rings. The Morgan fingerprint density at radius 1 is 1.24 bits per heavy atom. The predicted molar refractivity (Wildman–Crippen MR) is 95.6 cm³/mol. The van der Waals surface area contributed by atoms with Crippen LogP contribution in [0.4, 0.5) is 0 Å². The van der Waals surface area contributed by atoms with Crippen LogP contribution in [0.3, 0.4) is 0 Å². The van der Waals surface area contributed by atoms with Gasteiger partial charge in [-0.15, -0.1) is 0 Å². The predicted octanol–water partition coefficient (Wildman–Crippen LogP) is 3.19. The summed E-state index contributed by atoms with van der Waals surface area (Å²) in [6, 6.07) is 2.35. The molecule has 1 saturated heterocycles. The fourth-order valence-electron chi connectivity index (χ4n) is 3.67. The van der Waals surface area contributed by atoms with Crippen LogP contribution in [0.15, 0.2) is 24.8 Å². The lowest BCUT2D eigenvalue weighted by molar-refractivity contribution is 0.0659. The minimum Gasteiger partial charge on any atom is -0.335 e. The van der Waals surface area contributed by atoms with E-state index in [0.29, 0.717) is 12.0 Å². The number of nitrogens with zero attached hydrogens (tertiary/aromatic N) is 5. The van der Waals surface area contributed by atoms with Gasteiger partial charge in [-0.05, 0) is 52.5 Å². The van der Waals surface area contributed by atoms with Gasteiger partial charge in [0.05, 0.1) is 23.6 Å². The van der Waals surface area contributed by atoms with Gasteiger partial charge in [0.25, 0.3) is 5.91 Å². The van der Waals surface area contributed by atoms with E-state index in [2.05, 4.69) is 30.3 Å². The van der Waals surface area contributed by atoms with E-state index in [-0.39, 0.29) is 11.4 Å². The summed E-state index contributed by atoms with van der Waals surface area (Å²) < 4.78 is 4.06. The Morgan fingerprint density at radius 2 is 2.04 bits per heavy atom. The van der Waals surface area contributed by atoms with Gasteiger partial charge in [0.1, 0.15) is 5.69 Å². The van der Waals surface area contributed by atoms with Gasteiger partial charge >= 0.3 is 0 Å². The lowest BCUT2D eigenvalue weighted by Gasteiger charge is -2.34. The normalized spacial score (nSPS) is 21.6. The molecule has 1 amide bonds. The molecule has 0 bridgehead atoms. The van der Waals surface area contributed by atoms with Crippen LogP contribution in [0.1, 0.15) is 74.6 Å². The van der Waals surface area contributed by atoms with Crippen LogP contribution in [0.5, 0.6) is 0 Å². The number of likely N-dealkylation sites (tertiary alicyclic amines) is 1. The first-order valence-electron chi connectivity index (χ1n) is 9.30. The Bertz CT molecular complexity index is 751. The van der Waals surface area contributed by atoms with E-state index in [9.17, 15) is 4.79 Å². The van der Waals surface area contributed by atoms with Crippen LogP contribution in [0, 0.1) is 0 Å². The molecule has 2 aromatic heterocycles. The van der Waals surface area contributed by atoms with Crippen LogP contribution in [0.2, 0.25) is 0 Å². The quantitative estimate of drug-likeness (QED) is 0.861. The van der Waals surface area contributed by atoms with Gasteiger partial charge in [-0.2, -0.15) is 5.10 Å². The van der Waals surface area contributed by atoms with Crippen molar-refractivity contribution in [3.05, 3.63) is 36.2 Å². The van der Waals surface area contributed by atoms with Crippen molar-refractivity contribution in [2.75, 3.05) is 13.1 Å². The van der Waals surface area contributed by atoms with Crippen molar-refractivity contribution in [2.45, 2.75) is 64.0 Å². The Balaban J connectivity index is 1.59. The zero-order valence-corrected chi connectivity index (χ0v) is 15.4. The van der Waals surface area contributed by atoms with Crippen molar-refractivity contribution < 1.29 is 4.79 Å². The summed E-state index contributed by atoms with van der Waals surface area (Å²) in [6.45, 7) is 7.88. The molecule has 6 nitrogen and oxygen atoms in total. The summed E-state index contributed by atoms with van der Waals surface area (Å²) in [4.78, 5) is 19.4. The third kappa shape index (κ3) is 3.22. The van der Waals surface area contributed by atoms with Crippen molar-refractivity contribution in [1.29, 1.82) is 0 Å². The average Bonchev–Trinajstić information content (AvgIpc) is 3.12. The fourth-order valence-corrected chi connectivity index (χ4v) is 3.67. The number of amides is 1. The second kappa shape index (κ2) is 6.00. The van der Waals surface area contributed by atoms with Gasteiger partial charge in [-0.3, -0.25) is 9.48 Å².